The predicted molar refractivity (Wildman–Crippen MR) is 77.1 cm³/mol. The fourth-order valence-electron chi connectivity index (χ4n) is 1.73. The third-order valence-corrected chi connectivity index (χ3v) is 2.99. The zero-order valence-corrected chi connectivity index (χ0v) is 12.0. The second-order valence-electron chi connectivity index (χ2n) is 4.71. The summed E-state index contributed by atoms with van der Waals surface area (Å²) >= 11 is 0. The van der Waals surface area contributed by atoms with E-state index < -0.39 is 0 Å². The minimum Gasteiger partial charge on any atom is -0.385 e. The topological polar surface area (TPSA) is 50.4 Å². The first kappa shape index (κ1) is 15.7. The van der Waals surface area contributed by atoms with Crippen LogP contribution < -0.4 is 10.6 Å². The highest BCUT2D eigenvalue weighted by molar-refractivity contribution is 5.77. The average Bonchev–Trinajstić information content (AvgIpc) is 2.42. The van der Waals surface area contributed by atoms with Crippen LogP contribution in [-0.2, 0) is 9.53 Å². The molecule has 1 aromatic rings. The van der Waals surface area contributed by atoms with Gasteiger partial charge in [-0.1, -0.05) is 29.8 Å². The molecule has 0 fully saturated rings. The maximum Gasteiger partial charge on any atom is 0.233 e. The number of methoxy groups -OCH3 is 1. The molecule has 1 aromatic carbocycles. The number of carbonyl (C=O) groups excluding carboxylic acids is 1. The molecule has 0 saturated heterocycles. The number of carbonyl (C=O) groups is 1. The van der Waals surface area contributed by atoms with E-state index in [4.69, 9.17) is 4.74 Å². The van der Waals surface area contributed by atoms with Crippen LogP contribution in [0, 0.1) is 6.92 Å². The van der Waals surface area contributed by atoms with Gasteiger partial charge in [0, 0.05) is 26.3 Å². The van der Waals surface area contributed by atoms with Crippen molar-refractivity contribution in [2.24, 2.45) is 0 Å². The molecule has 2 N–H and O–H groups in total. The van der Waals surface area contributed by atoms with Crippen molar-refractivity contribution in [2.45, 2.75) is 26.3 Å². The van der Waals surface area contributed by atoms with Gasteiger partial charge < -0.3 is 15.4 Å². The summed E-state index contributed by atoms with van der Waals surface area (Å²) in [6.45, 7) is 5.79. The van der Waals surface area contributed by atoms with Gasteiger partial charge in [-0.15, -0.1) is 0 Å². The van der Waals surface area contributed by atoms with Gasteiger partial charge in [-0.25, -0.2) is 0 Å². The van der Waals surface area contributed by atoms with Crippen LogP contribution >= 0.6 is 0 Å². The largest absolute Gasteiger partial charge is 0.385 e. The quantitative estimate of drug-likeness (QED) is 0.704. The molecule has 4 nitrogen and oxygen atoms in total. The summed E-state index contributed by atoms with van der Waals surface area (Å²) in [5.41, 5.74) is 2.43. The molecule has 0 spiro atoms. The standard InChI is InChI=1S/C15H24N2O2/c1-12-5-7-14(8-6-12)13(2)17-11-15(18)16-9-4-10-19-3/h5-8,13,17H,4,9-11H2,1-3H3,(H,16,18)/t13-/m1/s1. The smallest absolute Gasteiger partial charge is 0.233 e. The summed E-state index contributed by atoms with van der Waals surface area (Å²) < 4.78 is 4.92. The molecule has 0 aliphatic rings. The summed E-state index contributed by atoms with van der Waals surface area (Å²) in [6, 6.07) is 8.51. The Bertz CT molecular complexity index is 376. The Kier molecular flexibility index (Phi) is 7.15. The molecule has 19 heavy (non-hydrogen) atoms. The van der Waals surface area contributed by atoms with Crippen molar-refractivity contribution in [1.82, 2.24) is 10.6 Å². The van der Waals surface area contributed by atoms with Crippen molar-refractivity contribution in [3.8, 4) is 0 Å². The number of benzene rings is 1. The van der Waals surface area contributed by atoms with Crippen LogP contribution in [0.15, 0.2) is 24.3 Å². The molecule has 1 amide bonds. The highest BCUT2D eigenvalue weighted by Crippen LogP contribution is 2.12. The highest BCUT2D eigenvalue weighted by Gasteiger charge is 2.06. The van der Waals surface area contributed by atoms with Gasteiger partial charge in [0.15, 0.2) is 0 Å². The monoisotopic (exact) mass is 264 g/mol. The number of amides is 1. The van der Waals surface area contributed by atoms with E-state index in [1.54, 1.807) is 7.11 Å². The summed E-state index contributed by atoms with van der Waals surface area (Å²) in [5, 5.41) is 6.07. The van der Waals surface area contributed by atoms with E-state index in [1.807, 2.05) is 0 Å². The molecule has 1 atom stereocenters. The van der Waals surface area contributed by atoms with Gasteiger partial charge in [0.05, 0.1) is 6.54 Å². The molecule has 0 saturated carbocycles. The van der Waals surface area contributed by atoms with E-state index in [-0.39, 0.29) is 11.9 Å². The molecule has 0 unspecified atom stereocenters. The van der Waals surface area contributed by atoms with Gasteiger partial charge in [-0.3, -0.25) is 4.79 Å². The van der Waals surface area contributed by atoms with E-state index in [0.29, 0.717) is 19.7 Å². The minimum atomic E-state index is 0.0232. The van der Waals surface area contributed by atoms with Gasteiger partial charge in [0.25, 0.3) is 0 Å². The van der Waals surface area contributed by atoms with Gasteiger partial charge in [-0.05, 0) is 25.8 Å². The van der Waals surface area contributed by atoms with Crippen LogP contribution in [0.4, 0.5) is 0 Å². The molecule has 1 rings (SSSR count). The number of rotatable bonds is 8. The van der Waals surface area contributed by atoms with Crippen LogP contribution in [0.25, 0.3) is 0 Å². The first-order valence-electron chi connectivity index (χ1n) is 6.69. The molecule has 0 radical (unpaired) electrons. The van der Waals surface area contributed by atoms with Gasteiger partial charge in [0.1, 0.15) is 0 Å². The van der Waals surface area contributed by atoms with Crippen molar-refractivity contribution in [3.63, 3.8) is 0 Å². The molecular formula is C15H24N2O2. The maximum absolute atomic E-state index is 11.6. The van der Waals surface area contributed by atoms with Gasteiger partial charge >= 0.3 is 0 Å². The fraction of sp³-hybridized carbons (Fsp3) is 0.533. The lowest BCUT2D eigenvalue weighted by molar-refractivity contribution is -0.120. The SMILES string of the molecule is COCCCNC(=O)CN[C@H](C)c1ccc(C)cc1. The zero-order valence-electron chi connectivity index (χ0n) is 12.0. The molecule has 0 aromatic heterocycles. The van der Waals surface area contributed by atoms with E-state index in [1.165, 1.54) is 11.1 Å². The molecule has 0 bridgehead atoms. The molecule has 0 aliphatic heterocycles. The molecule has 4 heteroatoms. The number of ether oxygens (including phenoxy) is 1. The van der Waals surface area contributed by atoms with Crippen molar-refractivity contribution < 1.29 is 9.53 Å². The first-order valence-corrected chi connectivity index (χ1v) is 6.69. The Hall–Kier alpha value is -1.39. The normalized spacial score (nSPS) is 12.2. The molecule has 0 aliphatic carbocycles. The highest BCUT2D eigenvalue weighted by atomic mass is 16.5. The average molecular weight is 264 g/mol. The van der Waals surface area contributed by atoms with Gasteiger partial charge in [-0.2, -0.15) is 0 Å². The van der Waals surface area contributed by atoms with Crippen LogP contribution in [0.2, 0.25) is 0 Å². The maximum atomic E-state index is 11.6. The Morgan fingerprint density at radius 2 is 2.00 bits per heavy atom. The van der Waals surface area contributed by atoms with Crippen LogP contribution in [0.3, 0.4) is 0 Å². The summed E-state index contributed by atoms with van der Waals surface area (Å²) in [4.78, 5) is 11.6. The fourth-order valence-corrected chi connectivity index (χ4v) is 1.73. The third kappa shape index (κ3) is 6.36. The Balaban J connectivity index is 2.24. The Labute approximate surface area is 115 Å². The Morgan fingerprint density at radius 3 is 2.63 bits per heavy atom. The molecular weight excluding hydrogens is 240 g/mol. The number of aryl methyl sites for hydroxylation is 1. The molecule has 106 valence electrons. The lowest BCUT2D eigenvalue weighted by atomic mass is 10.1. The van der Waals surface area contributed by atoms with Crippen molar-refractivity contribution >= 4 is 5.91 Å². The number of nitrogens with one attached hydrogen (secondary N) is 2. The first-order chi connectivity index (χ1) is 9.13. The van der Waals surface area contributed by atoms with E-state index in [9.17, 15) is 4.79 Å². The second kappa shape index (κ2) is 8.67. The van der Waals surface area contributed by atoms with Crippen LogP contribution in [0.5, 0.6) is 0 Å². The lowest BCUT2D eigenvalue weighted by Gasteiger charge is -2.14. The predicted octanol–water partition coefficient (Wildman–Crippen LogP) is 1.80. The Morgan fingerprint density at radius 1 is 1.32 bits per heavy atom. The minimum absolute atomic E-state index is 0.0232. The van der Waals surface area contributed by atoms with Crippen molar-refractivity contribution in [2.75, 3.05) is 26.8 Å². The van der Waals surface area contributed by atoms with E-state index >= 15 is 0 Å². The zero-order chi connectivity index (χ0) is 14.1. The van der Waals surface area contributed by atoms with E-state index in [0.717, 1.165) is 6.42 Å². The number of hydrogen-bond donors (Lipinski definition) is 2. The molecule has 0 heterocycles. The second-order valence-corrected chi connectivity index (χ2v) is 4.71. The van der Waals surface area contributed by atoms with Crippen molar-refractivity contribution in [3.05, 3.63) is 35.4 Å². The number of hydrogen-bond acceptors (Lipinski definition) is 3. The van der Waals surface area contributed by atoms with Crippen LogP contribution in [0.1, 0.15) is 30.5 Å². The van der Waals surface area contributed by atoms with Gasteiger partial charge in [0.2, 0.25) is 5.91 Å². The summed E-state index contributed by atoms with van der Waals surface area (Å²) in [5.74, 6) is 0.0232. The van der Waals surface area contributed by atoms with E-state index in [2.05, 4.69) is 48.7 Å². The van der Waals surface area contributed by atoms with Crippen LogP contribution in [-0.4, -0.2) is 32.7 Å². The van der Waals surface area contributed by atoms with Crippen molar-refractivity contribution in [1.29, 1.82) is 0 Å². The lowest BCUT2D eigenvalue weighted by Crippen LogP contribution is -2.35. The summed E-state index contributed by atoms with van der Waals surface area (Å²) in [7, 11) is 1.66. The third-order valence-electron chi connectivity index (χ3n) is 2.99. The summed E-state index contributed by atoms with van der Waals surface area (Å²) in [6.07, 6.45) is 0.843.